The average Bonchev–Trinajstić information content (AvgIpc) is 2.80. The van der Waals surface area contributed by atoms with E-state index < -0.39 is 0 Å². The molecule has 2 aromatic rings. The number of aromatic nitrogens is 2. The zero-order valence-electron chi connectivity index (χ0n) is 17.4. The minimum Gasteiger partial charge on any atom is -0.356 e. The highest BCUT2D eigenvalue weighted by atomic mass is 32.2. The minimum absolute atomic E-state index is 0.115. The van der Waals surface area contributed by atoms with E-state index in [0.717, 1.165) is 55.4 Å². The highest BCUT2D eigenvalue weighted by molar-refractivity contribution is 7.99. The topological polar surface area (TPSA) is 58.4 Å². The number of amides is 1. The first-order valence-electron chi connectivity index (χ1n) is 10.9. The molecule has 2 aromatic heterocycles. The summed E-state index contributed by atoms with van der Waals surface area (Å²) in [6.07, 6.45) is 4.94. The second-order valence-corrected chi connectivity index (χ2v) is 9.96. The quantitative estimate of drug-likeness (QED) is 0.758. The summed E-state index contributed by atoms with van der Waals surface area (Å²) in [5, 5.41) is 0. The molecular formula is C23H28N4O2S. The molecule has 1 amide bonds. The average molecular weight is 425 g/mol. The Bertz CT molecular complexity index is 986. The number of rotatable bonds is 3. The normalized spacial score (nSPS) is 23.7. The molecule has 6 nitrogen and oxygen atoms in total. The third-order valence-corrected chi connectivity index (χ3v) is 7.92. The van der Waals surface area contributed by atoms with E-state index in [4.69, 9.17) is 0 Å². The van der Waals surface area contributed by atoms with Crippen LogP contribution in [-0.4, -0.2) is 58.0 Å². The number of hydrogen-bond acceptors (Lipinski definition) is 5. The van der Waals surface area contributed by atoms with Crippen molar-refractivity contribution in [2.75, 3.05) is 36.5 Å². The molecule has 3 aliphatic rings. The van der Waals surface area contributed by atoms with Crippen molar-refractivity contribution in [2.45, 2.75) is 37.8 Å². The Balaban J connectivity index is 1.41. The summed E-state index contributed by atoms with van der Waals surface area (Å²) in [6, 6.07) is 10.0. The second kappa shape index (κ2) is 8.10. The minimum atomic E-state index is -0.127. The Kier molecular flexibility index (Phi) is 5.31. The molecule has 0 unspecified atom stereocenters. The van der Waals surface area contributed by atoms with Gasteiger partial charge < -0.3 is 14.4 Å². The Morgan fingerprint density at radius 1 is 1.13 bits per heavy atom. The first kappa shape index (κ1) is 19.7. The molecule has 0 aromatic carbocycles. The molecule has 158 valence electrons. The summed E-state index contributed by atoms with van der Waals surface area (Å²) in [6.45, 7) is 2.44. The van der Waals surface area contributed by atoms with E-state index >= 15 is 0 Å². The first-order chi connectivity index (χ1) is 14.6. The number of piperidine rings is 1. The first-order valence-corrected chi connectivity index (χ1v) is 12.0. The molecule has 0 N–H and O–H groups in total. The molecule has 0 aliphatic carbocycles. The zero-order valence-corrected chi connectivity index (χ0v) is 18.2. The largest absolute Gasteiger partial charge is 0.356 e. The van der Waals surface area contributed by atoms with E-state index in [1.54, 1.807) is 11.0 Å². The number of fused-ring (bicyclic) bond motifs is 4. The van der Waals surface area contributed by atoms with Crippen molar-refractivity contribution in [3.8, 4) is 0 Å². The molecule has 2 saturated heterocycles. The molecule has 3 aliphatic heterocycles. The van der Waals surface area contributed by atoms with E-state index in [1.165, 1.54) is 0 Å². The number of thioether (sulfide) groups is 1. The number of anilines is 1. The number of pyridine rings is 2. The van der Waals surface area contributed by atoms with Gasteiger partial charge in [0.1, 0.15) is 11.4 Å². The van der Waals surface area contributed by atoms with Gasteiger partial charge in [0.05, 0.1) is 0 Å². The van der Waals surface area contributed by atoms with E-state index in [-0.39, 0.29) is 17.5 Å². The molecule has 0 saturated carbocycles. The number of nitrogens with zero attached hydrogens (tertiary/aromatic N) is 4. The van der Waals surface area contributed by atoms with Gasteiger partial charge in [0.25, 0.3) is 11.5 Å². The van der Waals surface area contributed by atoms with Crippen LogP contribution >= 0.6 is 11.8 Å². The maximum Gasteiger partial charge on any atom is 0.263 e. The molecule has 0 radical (unpaired) electrons. The van der Waals surface area contributed by atoms with E-state index in [2.05, 4.69) is 16.0 Å². The third-order valence-electron chi connectivity index (χ3n) is 6.87. The molecular weight excluding hydrogens is 396 g/mol. The van der Waals surface area contributed by atoms with Crippen LogP contribution < -0.4 is 10.5 Å². The standard InChI is InChI=1S/C23H28N4O2S/c1-25(18-7-10-30-11-8-18)22(28)19-5-6-20-17-12-16(14-27(20)23(19)29)13-26(15-17)21-4-2-3-9-24-21/h2-6,9,16-18H,7-8,10-15H2,1H3/t16-,17+/m0/s1. The zero-order chi connectivity index (χ0) is 20.7. The van der Waals surface area contributed by atoms with Gasteiger partial charge in [0.15, 0.2) is 0 Å². The number of carbonyl (C=O) groups excluding carboxylic acids is 1. The summed E-state index contributed by atoms with van der Waals surface area (Å²) >= 11 is 1.94. The fraction of sp³-hybridized carbons (Fsp3) is 0.522. The van der Waals surface area contributed by atoms with Crippen LogP contribution in [-0.2, 0) is 6.54 Å². The lowest BCUT2D eigenvalue weighted by Gasteiger charge is -2.43. The van der Waals surface area contributed by atoms with Crippen molar-refractivity contribution < 1.29 is 4.79 Å². The molecule has 5 rings (SSSR count). The lowest BCUT2D eigenvalue weighted by atomic mass is 9.83. The SMILES string of the molecule is CN(C(=O)c1ccc2n(c1=O)C[C@H]1C[C@@H]2CN(c2ccccn2)C1)C1CCSCC1. The molecule has 2 atom stereocenters. The molecule has 7 heteroatoms. The predicted molar refractivity (Wildman–Crippen MR) is 120 cm³/mol. The Labute approximate surface area is 181 Å². The van der Waals surface area contributed by atoms with Crippen molar-refractivity contribution in [3.05, 3.63) is 58.1 Å². The highest BCUT2D eigenvalue weighted by Crippen LogP contribution is 2.36. The van der Waals surface area contributed by atoms with Crippen molar-refractivity contribution in [1.29, 1.82) is 0 Å². The fourth-order valence-corrected chi connectivity index (χ4v) is 6.35. The van der Waals surface area contributed by atoms with Crippen LogP contribution in [0, 0.1) is 5.92 Å². The van der Waals surface area contributed by atoms with Crippen LogP contribution in [0.2, 0.25) is 0 Å². The van der Waals surface area contributed by atoms with Crippen LogP contribution in [0.5, 0.6) is 0 Å². The van der Waals surface area contributed by atoms with Gasteiger partial charge in [0, 0.05) is 50.5 Å². The molecule has 2 fully saturated rings. The maximum atomic E-state index is 13.3. The van der Waals surface area contributed by atoms with Gasteiger partial charge in [-0.15, -0.1) is 0 Å². The number of carbonyl (C=O) groups is 1. The molecule has 5 heterocycles. The Morgan fingerprint density at radius 3 is 2.73 bits per heavy atom. The van der Waals surface area contributed by atoms with E-state index in [9.17, 15) is 9.59 Å². The fourth-order valence-electron chi connectivity index (χ4n) is 5.26. The summed E-state index contributed by atoms with van der Waals surface area (Å²) in [5.74, 6) is 3.74. The Hall–Kier alpha value is -2.28. The summed E-state index contributed by atoms with van der Waals surface area (Å²) < 4.78 is 1.88. The van der Waals surface area contributed by atoms with Crippen LogP contribution in [0.3, 0.4) is 0 Å². The van der Waals surface area contributed by atoms with Gasteiger partial charge in [-0.3, -0.25) is 9.59 Å². The summed E-state index contributed by atoms with van der Waals surface area (Å²) in [7, 11) is 1.85. The maximum absolute atomic E-state index is 13.3. The van der Waals surface area contributed by atoms with Crippen molar-refractivity contribution in [3.63, 3.8) is 0 Å². The smallest absolute Gasteiger partial charge is 0.263 e. The highest BCUT2D eigenvalue weighted by Gasteiger charge is 2.36. The van der Waals surface area contributed by atoms with E-state index in [0.29, 0.717) is 23.9 Å². The lowest BCUT2D eigenvalue weighted by molar-refractivity contribution is 0.0720. The number of hydrogen-bond donors (Lipinski definition) is 0. The van der Waals surface area contributed by atoms with Crippen LogP contribution in [0.1, 0.15) is 41.2 Å². The van der Waals surface area contributed by atoms with Crippen molar-refractivity contribution in [1.82, 2.24) is 14.5 Å². The van der Waals surface area contributed by atoms with Crippen molar-refractivity contribution in [2.24, 2.45) is 5.92 Å². The predicted octanol–water partition coefficient (Wildman–Crippen LogP) is 2.83. The Morgan fingerprint density at radius 2 is 1.97 bits per heavy atom. The van der Waals surface area contributed by atoms with Gasteiger partial charge in [0.2, 0.25) is 0 Å². The van der Waals surface area contributed by atoms with Gasteiger partial charge in [-0.05, 0) is 61.0 Å². The molecule has 0 spiro atoms. The monoisotopic (exact) mass is 424 g/mol. The lowest BCUT2D eigenvalue weighted by Crippen LogP contribution is -2.49. The second-order valence-electron chi connectivity index (χ2n) is 8.74. The summed E-state index contributed by atoms with van der Waals surface area (Å²) in [4.78, 5) is 35.1. The van der Waals surface area contributed by atoms with Gasteiger partial charge in [-0.2, -0.15) is 11.8 Å². The third kappa shape index (κ3) is 3.53. The van der Waals surface area contributed by atoms with Crippen LogP contribution in [0.15, 0.2) is 41.3 Å². The van der Waals surface area contributed by atoms with Crippen LogP contribution in [0.4, 0.5) is 5.82 Å². The van der Waals surface area contributed by atoms with Crippen LogP contribution in [0.25, 0.3) is 0 Å². The molecule has 2 bridgehead atoms. The van der Waals surface area contributed by atoms with Gasteiger partial charge in [-0.1, -0.05) is 6.07 Å². The van der Waals surface area contributed by atoms with E-state index in [1.807, 2.05) is 47.8 Å². The van der Waals surface area contributed by atoms with Gasteiger partial charge >= 0.3 is 0 Å². The van der Waals surface area contributed by atoms with Crippen molar-refractivity contribution >= 4 is 23.5 Å². The molecule has 30 heavy (non-hydrogen) atoms. The van der Waals surface area contributed by atoms with Gasteiger partial charge in [-0.25, -0.2) is 4.98 Å². The summed E-state index contributed by atoms with van der Waals surface area (Å²) in [5.41, 5.74) is 1.27.